The second-order valence-corrected chi connectivity index (χ2v) is 3.06. The summed E-state index contributed by atoms with van der Waals surface area (Å²) < 4.78 is 5.36. The van der Waals surface area contributed by atoms with Crippen molar-refractivity contribution in [3.63, 3.8) is 0 Å². The van der Waals surface area contributed by atoms with E-state index in [2.05, 4.69) is 26.8 Å². The van der Waals surface area contributed by atoms with Gasteiger partial charge in [-0.2, -0.15) is 0 Å². The maximum atomic E-state index is 5.36. The van der Waals surface area contributed by atoms with Gasteiger partial charge >= 0.3 is 0 Å². The predicted molar refractivity (Wildman–Crippen MR) is 38.1 cm³/mol. The molecule has 0 aromatic rings. The molecule has 0 fully saturated rings. The molecule has 1 unspecified atom stereocenters. The minimum Gasteiger partial charge on any atom is -0.495 e. The Bertz CT molecular complexity index is 125. The van der Waals surface area contributed by atoms with Crippen LogP contribution in [-0.4, -0.2) is 5.60 Å². The zero-order valence-electron chi connectivity index (χ0n) is 6.35. The normalized spacial score (nSPS) is 30.3. The highest BCUT2D eigenvalue weighted by molar-refractivity contribution is 5.00. The summed E-state index contributed by atoms with van der Waals surface area (Å²) in [5.41, 5.74) is 0.0503. The van der Waals surface area contributed by atoms with Crippen LogP contribution in [0.5, 0.6) is 0 Å². The summed E-state index contributed by atoms with van der Waals surface area (Å²) in [6.07, 6.45) is 5.12. The quantitative estimate of drug-likeness (QED) is 0.524. The van der Waals surface area contributed by atoms with Gasteiger partial charge in [-0.3, -0.25) is 0 Å². The van der Waals surface area contributed by atoms with Gasteiger partial charge in [-0.15, -0.1) is 0 Å². The summed E-state index contributed by atoms with van der Waals surface area (Å²) in [6.45, 7) is 6.44. The fourth-order valence-corrected chi connectivity index (χ4v) is 1.26. The first-order valence-corrected chi connectivity index (χ1v) is 3.51. The number of ether oxygens (including phenoxy) is 1. The van der Waals surface area contributed by atoms with E-state index in [-0.39, 0.29) is 5.60 Å². The summed E-state index contributed by atoms with van der Waals surface area (Å²) in [7, 11) is 0. The molecule has 52 valence electrons. The Hall–Kier alpha value is -0.460. The number of rotatable bonds is 1. The average Bonchev–Trinajstić information content (AvgIpc) is 2.08. The predicted octanol–water partition coefficient (Wildman–Crippen LogP) is 2.34. The molecule has 1 nitrogen and oxygen atoms in total. The van der Waals surface area contributed by atoms with Crippen molar-refractivity contribution >= 4 is 0 Å². The van der Waals surface area contributed by atoms with Gasteiger partial charge in [-0.05, 0) is 26.3 Å². The van der Waals surface area contributed by atoms with Crippen molar-refractivity contribution in [3.8, 4) is 0 Å². The topological polar surface area (TPSA) is 9.23 Å². The standard InChI is InChI=1S/C8H14O/c1-4-7-5-6-9-8(7,2)3/h5-7H,4H2,1-3H3. The van der Waals surface area contributed by atoms with Crippen LogP contribution < -0.4 is 0 Å². The van der Waals surface area contributed by atoms with Gasteiger partial charge in [0.1, 0.15) is 5.60 Å². The number of hydrogen-bond acceptors (Lipinski definition) is 1. The molecule has 0 radical (unpaired) electrons. The molecule has 0 spiro atoms. The molecule has 1 aliphatic heterocycles. The summed E-state index contributed by atoms with van der Waals surface area (Å²) in [5.74, 6) is 0.609. The van der Waals surface area contributed by atoms with E-state index in [1.54, 1.807) is 0 Å². The Kier molecular flexibility index (Phi) is 1.52. The molecule has 1 heteroatoms. The Morgan fingerprint density at radius 3 is 2.44 bits per heavy atom. The molecular formula is C8H14O. The molecule has 0 saturated carbocycles. The Balaban J connectivity index is 2.60. The van der Waals surface area contributed by atoms with E-state index >= 15 is 0 Å². The third-order valence-electron chi connectivity index (χ3n) is 2.02. The van der Waals surface area contributed by atoms with Crippen LogP contribution >= 0.6 is 0 Å². The van der Waals surface area contributed by atoms with Gasteiger partial charge < -0.3 is 4.74 Å². The van der Waals surface area contributed by atoms with Crippen molar-refractivity contribution < 1.29 is 4.74 Å². The van der Waals surface area contributed by atoms with Gasteiger partial charge in [-0.1, -0.05) is 6.92 Å². The first kappa shape index (κ1) is 6.66. The first-order chi connectivity index (χ1) is 4.17. The number of hydrogen-bond donors (Lipinski definition) is 0. The van der Waals surface area contributed by atoms with Gasteiger partial charge in [-0.25, -0.2) is 0 Å². The molecule has 0 amide bonds. The highest BCUT2D eigenvalue weighted by atomic mass is 16.5. The SMILES string of the molecule is CCC1C=COC1(C)C. The average molecular weight is 126 g/mol. The highest BCUT2D eigenvalue weighted by Crippen LogP contribution is 2.30. The largest absolute Gasteiger partial charge is 0.495 e. The maximum Gasteiger partial charge on any atom is 0.109 e. The summed E-state index contributed by atoms with van der Waals surface area (Å²) in [6, 6.07) is 0. The van der Waals surface area contributed by atoms with Gasteiger partial charge in [0.15, 0.2) is 0 Å². The van der Waals surface area contributed by atoms with Crippen LogP contribution in [-0.2, 0) is 4.74 Å². The van der Waals surface area contributed by atoms with Gasteiger partial charge in [0.05, 0.1) is 6.26 Å². The lowest BCUT2D eigenvalue weighted by Crippen LogP contribution is -2.26. The molecule has 0 saturated heterocycles. The Morgan fingerprint density at radius 1 is 1.56 bits per heavy atom. The third kappa shape index (κ3) is 1.09. The highest BCUT2D eigenvalue weighted by Gasteiger charge is 2.30. The molecule has 0 bridgehead atoms. The van der Waals surface area contributed by atoms with E-state index in [4.69, 9.17) is 4.74 Å². The molecular weight excluding hydrogens is 112 g/mol. The Morgan fingerprint density at radius 2 is 2.22 bits per heavy atom. The molecule has 0 N–H and O–H groups in total. The van der Waals surface area contributed by atoms with Crippen molar-refractivity contribution in [1.29, 1.82) is 0 Å². The Labute approximate surface area is 56.7 Å². The van der Waals surface area contributed by atoms with Crippen molar-refractivity contribution in [1.82, 2.24) is 0 Å². The minimum absolute atomic E-state index is 0.0503. The zero-order valence-corrected chi connectivity index (χ0v) is 6.35. The van der Waals surface area contributed by atoms with E-state index in [0.29, 0.717) is 5.92 Å². The first-order valence-electron chi connectivity index (χ1n) is 3.51. The van der Waals surface area contributed by atoms with E-state index in [1.165, 1.54) is 6.42 Å². The molecule has 0 aromatic heterocycles. The van der Waals surface area contributed by atoms with Crippen LogP contribution in [0.3, 0.4) is 0 Å². The van der Waals surface area contributed by atoms with Crippen LogP contribution in [0.2, 0.25) is 0 Å². The zero-order chi connectivity index (χ0) is 6.91. The lowest BCUT2D eigenvalue weighted by molar-refractivity contribution is 0.0440. The van der Waals surface area contributed by atoms with E-state index in [9.17, 15) is 0 Å². The maximum absolute atomic E-state index is 5.36. The van der Waals surface area contributed by atoms with E-state index in [0.717, 1.165) is 0 Å². The third-order valence-corrected chi connectivity index (χ3v) is 2.02. The fourth-order valence-electron chi connectivity index (χ4n) is 1.26. The van der Waals surface area contributed by atoms with Crippen molar-refractivity contribution in [3.05, 3.63) is 12.3 Å². The van der Waals surface area contributed by atoms with E-state index < -0.39 is 0 Å². The molecule has 0 aromatic carbocycles. The lowest BCUT2D eigenvalue weighted by atomic mass is 9.90. The summed E-state index contributed by atoms with van der Waals surface area (Å²) in [5, 5.41) is 0. The van der Waals surface area contributed by atoms with Crippen LogP contribution in [0.4, 0.5) is 0 Å². The second kappa shape index (κ2) is 2.05. The van der Waals surface area contributed by atoms with Crippen molar-refractivity contribution in [2.75, 3.05) is 0 Å². The van der Waals surface area contributed by atoms with Crippen molar-refractivity contribution in [2.24, 2.45) is 5.92 Å². The monoisotopic (exact) mass is 126 g/mol. The van der Waals surface area contributed by atoms with E-state index in [1.807, 2.05) is 6.26 Å². The van der Waals surface area contributed by atoms with Gasteiger partial charge in [0.25, 0.3) is 0 Å². The molecule has 0 aliphatic carbocycles. The second-order valence-electron chi connectivity index (χ2n) is 3.06. The minimum atomic E-state index is 0.0503. The van der Waals surface area contributed by atoms with Crippen LogP contribution in [0.1, 0.15) is 27.2 Å². The fraction of sp³-hybridized carbons (Fsp3) is 0.750. The molecule has 9 heavy (non-hydrogen) atoms. The van der Waals surface area contributed by atoms with Gasteiger partial charge in [0.2, 0.25) is 0 Å². The molecule has 1 heterocycles. The van der Waals surface area contributed by atoms with Crippen LogP contribution in [0, 0.1) is 5.92 Å². The van der Waals surface area contributed by atoms with Crippen LogP contribution in [0.25, 0.3) is 0 Å². The molecule has 1 aliphatic rings. The van der Waals surface area contributed by atoms with Crippen molar-refractivity contribution in [2.45, 2.75) is 32.8 Å². The van der Waals surface area contributed by atoms with Gasteiger partial charge in [0, 0.05) is 5.92 Å². The molecule has 1 rings (SSSR count). The lowest BCUT2D eigenvalue weighted by Gasteiger charge is -2.24. The molecule has 1 atom stereocenters. The summed E-state index contributed by atoms with van der Waals surface area (Å²) >= 11 is 0. The van der Waals surface area contributed by atoms with Crippen LogP contribution in [0.15, 0.2) is 12.3 Å². The summed E-state index contributed by atoms with van der Waals surface area (Å²) in [4.78, 5) is 0. The smallest absolute Gasteiger partial charge is 0.109 e.